The van der Waals surface area contributed by atoms with Crippen molar-refractivity contribution in [3.8, 4) is 0 Å². The number of aryl methyl sites for hydroxylation is 1. The van der Waals surface area contributed by atoms with Gasteiger partial charge in [0.05, 0.1) is 5.56 Å². The molecular weight excluding hydrogens is 256 g/mol. The van der Waals surface area contributed by atoms with E-state index in [4.69, 9.17) is 16.0 Å². The van der Waals surface area contributed by atoms with Crippen LogP contribution in [0.1, 0.15) is 30.5 Å². The number of piperidine rings is 1. The molecule has 2 heterocycles. The summed E-state index contributed by atoms with van der Waals surface area (Å²) in [6.07, 6.45) is 3.00. The third-order valence-electron chi connectivity index (χ3n) is 3.75. The van der Waals surface area contributed by atoms with Crippen molar-refractivity contribution in [2.24, 2.45) is 16.8 Å². The van der Waals surface area contributed by atoms with E-state index >= 15 is 0 Å². The van der Waals surface area contributed by atoms with E-state index in [0.717, 1.165) is 43.9 Å². The number of hydrogen-bond donors (Lipinski definition) is 3. The fraction of sp³-hybridized carbons (Fsp3) is 0.571. The first kappa shape index (κ1) is 14.6. The zero-order valence-electron chi connectivity index (χ0n) is 11.8. The van der Waals surface area contributed by atoms with Gasteiger partial charge in [-0.05, 0) is 44.2 Å². The molecule has 6 heteroatoms. The second kappa shape index (κ2) is 6.56. The number of nitrogens with two attached hydrogens (primary N) is 1. The van der Waals surface area contributed by atoms with Gasteiger partial charge in [0.1, 0.15) is 5.82 Å². The summed E-state index contributed by atoms with van der Waals surface area (Å²) < 4.78 is 0. The van der Waals surface area contributed by atoms with Crippen molar-refractivity contribution in [2.75, 3.05) is 24.6 Å². The molecule has 110 valence electrons. The zero-order valence-corrected chi connectivity index (χ0v) is 11.8. The summed E-state index contributed by atoms with van der Waals surface area (Å²) in [5.74, 6) is 1.32. The molecule has 1 fully saturated rings. The van der Waals surface area contributed by atoms with Crippen molar-refractivity contribution >= 4 is 11.7 Å². The Hall–Kier alpha value is -1.82. The minimum absolute atomic E-state index is 0.0804. The number of aliphatic hydroxyl groups excluding tert-OH is 1. The zero-order chi connectivity index (χ0) is 14.5. The van der Waals surface area contributed by atoms with Crippen LogP contribution >= 0.6 is 0 Å². The lowest BCUT2D eigenvalue weighted by Crippen LogP contribution is -2.37. The van der Waals surface area contributed by atoms with E-state index in [1.54, 1.807) is 0 Å². The molecule has 1 unspecified atom stereocenters. The molecule has 20 heavy (non-hydrogen) atoms. The van der Waals surface area contributed by atoms with Crippen LogP contribution in [-0.4, -0.2) is 40.8 Å². The summed E-state index contributed by atoms with van der Waals surface area (Å²) in [6, 6.07) is 3.69. The van der Waals surface area contributed by atoms with Crippen molar-refractivity contribution in [1.29, 1.82) is 0 Å². The van der Waals surface area contributed by atoms with Gasteiger partial charge in [0.25, 0.3) is 0 Å². The van der Waals surface area contributed by atoms with E-state index in [-0.39, 0.29) is 12.4 Å². The Morgan fingerprint density at radius 1 is 1.55 bits per heavy atom. The molecule has 6 nitrogen and oxygen atoms in total. The molecule has 2 rings (SSSR count). The summed E-state index contributed by atoms with van der Waals surface area (Å²) >= 11 is 0. The maximum atomic E-state index is 9.09. The highest BCUT2D eigenvalue weighted by Gasteiger charge is 2.23. The van der Waals surface area contributed by atoms with E-state index in [1.807, 2.05) is 19.1 Å². The quantitative estimate of drug-likeness (QED) is 0.331. The van der Waals surface area contributed by atoms with Gasteiger partial charge in [-0.2, -0.15) is 0 Å². The minimum atomic E-state index is 0.0804. The first-order chi connectivity index (χ1) is 9.65. The van der Waals surface area contributed by atoms with Crippen LogP contribution in [0.2, 0.25) is 0 Å². The van der Waals surface area contributed by atoms with Gasteiger partial charge in [-0.15, -0.1) is 0 Å². The number of pyridine rings is 1. The molecule has 0 aliphatic carbocycles. The predicted octanol–water partition coefficient (Wildman–Crippen LogP) is 1.08. The topological polar surface area (TPSA) is 95.0 Å². The maximum Gasteiger partial charge on any atom is 0.173 e. The molecule has 0 radical (unpaired) electrons. The Bertz CT molecular complexity index is 488. The van der Waals surface area contributed by atoms with Crippen LogP contribution in [0.5, 0.6) is 0 Å². The van der Waals surface area contributed by atoms with Crippen molar-refractivity contribution in [3.63, 3.8) is 0 Å². The molecule has 1 aromatic rings. The highest BCUT2D eigenvalue weighted by atomic mass is 16.4. The van der Waals surface area contributed by atoms with E-state index in [2.05, 4.69) is 15.0 Å². The van der Waals surface area contributed by atoms with Crippen LogP contribution in [0.3, 0.4) is 0 Å². The number of amidine groups is 1. The number of aromatic nitrogens is 1. The average molecular weight is 278 g/mol. The Morgan fingerprint density at radius 2 is 2.35 bits per heavy atom. The van der Waals surface area contributed by atoms with Crippen molar-refractivity contribution in [1.82, 2.24) is 4.98 Å². The van der Waals surface area contributed by atoms with Gasteiger partial charge < -0.3 is 20.9 Å². The maximum absolute atomic E-state index is 9.09. The molecule has 0 bridgehead atoms. The fourth-order valence-corrected chi connectivity index (χ4v) is 2.71. The molecular formula is C14H22N4O2. The summed E-state index contributed by atoms with van der Waals surface area (Å²) in [4.78, 5) is 6.72. The Labute approximate surface area is 118 Å². The van der Waals surface area contributed by atoms with Gasteiger partial charge in [-0.25, -0.2) is 4.98 Å². The molecule has 1 aliphatic heterocycles. The second-order valence-electron chi connectivity index (χ2n) is 5.28. The second-order valence-corrected chi connectivity index (χ2v) is 5.28. The van der Waals surface area contributed by atoms with Crippen molar-refractivity contribution < 1.29 is 10.3 Å². The highest BCUT2D eigenvalue weighted by molar-refractivity contribution is 6.01. The molecule has 1 saturated heterocycles. The van der Waals surface area contributed by atoms with Gasteiger partial charge >= 0.3 is 0 Å². The number of anilines is 1. The number of oxime groups is 1. The number of hydrogen-bond acceptors (Lipinski definition) is 5. The molecule has 1 atom stereocenters. The summed E-state index contributed by atoms with van der Waals surface area (Å²) in [7, 11) is 0. The molecule has 0 amide bonds. The van der Waals surface area contributed by atoms with Crippen LogP contribution < -0.4 is 10.6 Å². The standard InChI is InChI=1S/C14H22N4O2/c1-10-4-5-12(13(15)17-20)14(16-10)18-7-2-3-11(9-18)6-8-19/h4-5,11,19-20H,2-3,6-9H2,1H3,(H2,15,17). The Balaban J connectivity index is 2.28. The Kier molecular flexibility index (Phi) is 4.79. The van der Waals surface area contributed by atoms with E-state index in [0.29, 0.717) is 11.5 Å². The van der Waals surface area contributed by atoms with Crippen molar-refractivity contribution in [3.05, 3.63) is 23.4 Å². The van der Waals surface area contributed by atoms with E-state index in [9.17, 15) is 0 Å². The van der Waals surface area contributed by atoms with Crippen LogP contribution in [0, 0.1) is 12.8 Å². The summed E-state index contributed by atoms with van der Waals surface area (Å²) in [5.41, 5.74) is 7.30. The van der Waals surface area contributed by atoms with Gasteiger partial charge in [0.15, 0.2) is 5.84 Å². The molecule has 0 spiro atoms. The Morgan fingerprint density at radius 3 is 3.05 bits per heavy atom. The third-order valence-corrected chi connectivity index (χ3v) is 3.75. The number of nitrogens with zero attached hydrogens (tertiary/aromatic N) is 3. The first-order valence-electron chi connectivity index (χ1n) is 6.97. The van der Waals surface area contributed by atoms with Crippen LogP contribution in [-0.2, 0) is 0 Å². The monoisotopic (exact) mass is 278 g/mol. The smallest absolute Gasteiger partial charge is 0.173 e. The van der Waals surface area contributed by atoms with Gasteiger partial charge in [0.2, 0.25) is 0 Å². The lowest BCUT2D eigenvalue weighted by atomic mass is 9.95. The molecule has 4 N–H and O–H groups in total. The van der Waals surface area contributed by atoms with E-state index in [1.165, 1.54) is 0 Å². The normalized spacial score (nSPS) is 20.2. The largest absolute Gasteiger partial charge is 0.409 e. The van der Waals surface area contributed by atoms with Crippen LogP contribution in [0.4, 0.5) is 5.82 Å². The average Bonchev–Trinajstić information content (AvgIpc) is 2.47. The lowest BCUT2D eigenvalue weighted by molar-refractivity contribution is 0.244. The molecule has 1 aromatic heterocycles. The van der Waals surface area contributed by atoms with Gasteiger partial charge in [-0.1, -0.05) is 5.16 Å². The minimum Gasteiger partial charge on any atom is -0.409 e. The fourth-order valence-electron chi connectivity index (χ4n) is 2.71. The predicted molar refractivity (Wildman–Crippen MR) is 78.1 cm³/mol. The van der Waals surface area contributed by atoms with Gasteiger partial charge in [-0.3, -0.25) is 0 Å². The summed E-state index contributed by atoms with van der Waals surface area (Å²) in [5, 5.41) is 21.1. The number of aliphatic hydroxyl groups is 1. The summed E-state index contributed by atoms with van der Waals surface area (Å²) in [6.45, 7) is 3.90. The van der Waals surface area contributed by atoms with Gasteiger partial charge in [0, 0.05) is 25.4 Å². The SMILES string of the molecule is Cc1ccc(/C(N)=N/O)c(N2CCCC(CCO)C2)n1. The number of rotatable bonds is 4. The lowest BCUT2D eigenvalue weighted by Gasteiger charge is -2.34. The first-order valence-corrected chi connectivity index (χ1v) is 6.97. The van der Waals surface area contributed by atoms with Crippen molar-refractivity contribution in [2.45, 2.75) is 26.2 Å². The molecule has 0 saturated carbocycles. The third kappa shape index (κ3) is 3.19. The van der Waals surface area contributed by atoms with Crippen LogP contribution in [0.25, 0.3) is 0 Å². The molecule has 1 aliphatic rings. The van der Waals surface area contributed by atoms with Crippen LogP contribution in [0.15, 0.2) is 17.3 Å². The highest BCUT2D eigenvalue weighted by Crippen LogP contribution is 2.26. The van der Waals surface area contributed by atoms with E-state index < -0.39 is 0 Å². The molecule has 0 aromatic carbocycles.